The van der Waals surface area contributed by atoms with Gasteiger partial charge in [-0.3, -0.25) is 0 Å². The van der Waals surface area contributed by atoms with E-state index < -0.39 is 54.8 Å². The number of benzene rings is 5. The molecule has 3 N–H and O–H groups in total. The summed E-state index contributed by atoms with van der Waals surface area (Å²) >= 11 is 0. The lowest BCUT2D eigenvalue weighted by molar-refractivity contribution is -0.244. The number of amides is 2. The number of nitrogens with one attached hydrogen (secondary N) is 2. The van der Waals surface area contributed by atoms with E-state index in [4.69, 9.17) is 23.7 Å². The molecule has 1 heterocycles. The van der Waals surface area contributed by atoms with Crippen molar-refractivity contribution in [2.75, 3.05) is 13.2 Å². The number of esters is 1. The Labute approximate surface area is 331 Å². The largest absolute Gasteiger partial charge is 0.461 e. The smallest absolute Gasteiger partial charge is 0.407 e. The first-order valence-corrected chi connectivity index (χ1v) is 19.2. The molecule has 2 aliphatic rings. The molecule has 5 aromatic rings. The summed E-state index contributed by atoms with van der Waals surface area (Å²) in [6, 6.07) is 42.2. The molecule has 7 rings (SSSR count). The molecule has 0 bridgehead atoms. The first-order valence-electron chi connectivity index (χ1n) is 19.2. The van der Waals surface area contributed by atoms with Gasteiger partial charge in [-0.15, -0.1) is 0 Å². The molecule has 6 atom stereocenters. The van der Waals surface area contributed by atoms with Gasteiger partial charge in [-0.1, -0.05) is 140 Å². The summed E-state index contributed by atoms with van der Waals surface area (Å²) in [5.74, 6) is -0.817. The summed E-state index contributed by atoms with van der Waals surface area (Å²) in [5.41, 5.74) is 6.75. The van der Waals surface area contributed by atoms with E-state index in [-0.39, 0.29) is 38.6 Å². The van der Waals surface area contributed by atoms with Gasteiger partial charge in [-0.2, -0.15) is 0 Å². The number of fused-ring (bicyclic) bond motifs is 3. The highest BCUT2D eigenvalue weighted by Gasteiger charge is 2.39. The number of rotatable bonds is 14. The molecule has 0 saturated carbocycles. The number of carbonyl (C=O) groups is 3. The maximum absolute atomic E-state index is 13.8. The fourth-order valence-electron chi connectivity index (χ4n) is 7.39. The molecule has 1 saturated heterocycles. The van der Waals surface area contributed by atoms with Gasteiger partial charge in [-0.05, 0) is 45.9 Å². The molecule has 57 heavy (non-hydrogen) atoms. The summed E-state index contributed by atoms with van der Waals surface area (Å²) < 4.78 is 29.5. The van der Waals surface area contributed by atoms with E-state index in [0.717, 1.165) is 33.4 Å². The van der Waals surface area contributed by atoms with Crippen molar-refractivity contribution in [2.24, 2.45) is 0 Å². The molecule has 0 spiro atoms. The van der Waals surface area contributed by atoms with Crippen molar-refractivity contribution >= 4 is 18.2 Å². The van der Waals surface area contributed by atoms with Gasteiger partial charge in [0.15, 0.2) is 6.29 Å². The molecule has 2 amide bonds. The van der Waals surface area contributed by atoms with Gasteiger partial charge in [-0.25, -0.2) is 14.4 Å². The zero-order valence-corrected chi connectivity index (χ0v) is 31.6. The first kappa shape index (κ1) is 39.2. The zero-order chi connectivity index (χ0) is 39.6. The Morgan fingerprint density at radius 2 is 1.30 bits per heavy atom. The van der Waals surface area contributed by atoms with Crippen molar-refractivity contribution in [1.82, 2.24) is 10.6 Å². The molecule has 11 nitrogen and oxygen atoms in total. The van der Waals surface area contributed by atoms with Crippen LogP contribution >= 0.6 is 0 Å². The zero-order valence-electron chi connectivity index (χ0n) is 31.6. The Balaban J connectivity index is 0.976. The van der Waals surface area contributed by atoms with E-state index >= 15 is 0 Å². The number of aliphatic hydroxyl groups is 1. The second-order valence-electron chi connectivity index (χ2n) is 14.2. The Bertz CT molecular complexity index is 2040. The Morgan fingerprint density at radius 3 is 1.93 bits per heavy atom. The molecule has 1 fully saturated rings. The van der Waals surface area contributed by atoms with Crippen LogP contribution in [0, 0.1) is 0 Å². The SMILES string of the molecule is C[C@@H]1O[C@@H](O[C@@H](COC(=O)[C@@H](Cc2ccccc2)NC(=O)OCC2c3ccccc3-c3ccccc32)c2ccccc2)C[C@H](O)[C@@H]1NC(=O)OCc1ccccc1. The predicted molar refractivity (Wildman–Crippen MR) is 212 cm³/mol. The van der Waals surface area contributed by atoms with Crippen LogP contribution < -0.4 is 10.6 Å². The molecule has 1 aliphatic heterocycles. The van der Waals surface area contributed by atoms with Crippen LogP contribution in [0.15, 0.2) is 140 Å². The van der Waals surface area contributed by atoms with Crippen molar-refractivity contribution in [3.05, 3.63) is 167 Å². The Kier molecular flexibility index (Phi) is 12.9. The van der Waals surface area contributed by atoms with Crippen LogP contribution in [-0.4, -0.2) is 67.1 Å². The number of alkyl carbamates (subject to hydrolysis) is 2. The molecule has 1 aliphatic carbocycles. The topological polar surface area (TPSA) is 142 Å². The number of hydrogen-bond acceptors (Lipinski definition) is 9. The number of ether oxygens (including phenoxy) is 5. The minimum absolute atomic E-state index is 0.0330. The van der Waals surface area contributed by atoms with Crippen molar-refractivity contribution in [2.45, 2.75) is 69.0 Å². The van der Waals surface area contributed by atoms with E-state index in [2.05, 4.69) is 22.8 Å². The maximum Gasteiger partial charge on any atom is 0.407 e. The highest BCUT2D eigenvalue weighted by atomic mass is 16.7. The molecule has 0 unspecified atom stereocenters. The third-order valence-corrected chi connectivity index (χ3v) is 10.3. The summed E-state index contributed by atoms with van der Waals surface area (Å²) in [6.07, 6.45) is -4.55. The number of carbonyl (C=O) groups excluding carboxylic acids is 3. The lowest BCUT2D eigenvalue weighted by atomic mass is 9.98. The van der Waals surface area contributed by atoms with Crippen molar-refractivity contribution in [1.29, 1.82) is 0 Å². The van der Waals surface area contributed by atoms with Crippen LogP contribution in [0.5, 0.6) is 0 Å². The highest BCUT2D eigenvalue weighted by Crippen LogP contribution is 2.44. The van der Waals surface area contributed by atoms with Crippen LogP contribution in [0.2, 0.25) is 0 Å². The molecular weight excluding hydrogens is 725 g/mol. The van der Waals surface area contributed by atoms with Crippen LogP contribution in [0.25, 0.3) is 11.1 Å². The maximum atomic E-state index is 13.8. The van der Waals surface area contributed by atoms with Gasteiger partial charge in [0, 0.05) is 18.8 Å². The van der Waals surface area contributed by atoms with Crippen molar-refractivity contribution in [3.8, 4) is 11.1 Å². The molecule has 294 valence electrons. The quantitative estimate of drug-likeness (QED) is 0.0788. The van der Waals surface area contributed by atoms with Crippen LogP contribution in [0.3, 0.4) is 0 Å². The fraction of sp³-hybridized carbons (Fsp3) is 0.283. The highest BCUT2D eigenvalue weighted by molar-refractivity contribution is 5.82. The average Bonchev–Trinajstić information content (AvgIpc) is 3.56. The van der Waals surface area contributed by atoms with Gasteiger partial charge in [0.2, 0.25) is 0 Å². The predicted octanol–water partition coefficient (Wildman–Crippen LogP) is 7.23. The lowest BCUT2D eigenvalue weighted by Crippen LogP contribution is -2.56. The van der Waals surface area contributed by atoms with Gasteiger partial charge in [0.25, 0.3) is 0 Å². The van der Waals surface area contributed by atoms with Gasteiger partial charge in [0.1, 0.15) is 32.0 Å². The minimum Gasteiger partial charge on any atom is -0.461 e. The summed E-state index contributed by atoms with van der Waals surface area (Å²) in [6.45, 7) is 1.69. The van der Waals surface area contributed by atoms with Crippen LogP contribution in [-0.2, 0) is 41.5 Å². The van der Waals surface area contributed by atoms with Crippen LogP contribution in [0.4, 0.5) is 9.59 Å². The number of aliphatic hydroxyl groups excluding tert-OH is 1. The average molecular weight is 771 g/mol. The normalized spacial score (nSPS) is 19.6. The lowest BCUT2D eigenvalue weighted by Gasteiger charge is -2.39. The van der Waals surface area contributed by atoms with Crippen molar-refractivity contribution in [3.63, 3.8) is 0 Å². The van der Waals surface area contributed by atoms with E-state index in [1.807, 2.05) is 127 Å². The fourth-order valence-corrected chi connectivity index (χ4v) is 7.39. The van der Waals surface area contributed by atoms with E-state index in [9.17, 15) is 19.5 Å². The standard InChI is InChI=1S/C46H46N2O9/c1-30-43(48-46(52)54-27-32-17-7-3-8-18-32)40(49)26-42(56-30)57-41(33-19-9-4-10-20-33)29-53-44(50)39(25-31-15-5-2-6-16-31)47-45(51)55-28-38-36-23-13-11-21-34(36)35-22-12-14-24-37(35)38/h2-24,30,38-43,49H,25-29H2,1H3,(H,47,51)(H,48,52)/t30-,39+,40-,41-,42-,43+/m0/s1. The van der Waals surface area contributed by atoms with Crippen molar-refractivity contribution < 1.29 is 43.2 Å². The third-order valence-electron chi connectivity index (χ3n) is 10.3. The minimum atomic E-state index is -1.07. The summed E-state index contributed by atoms with van der Waals surface area (Å²) in [7, 11) is 0. The summed E-state index contributed by atoms with van der Waals surface area (Å²) in [4.78, 5) is 39.8. The van der Waals surface area contributed by atoms with E-state index in [1.54, 1.807) is 6.92 Å². The summed E-state index contributed by atoms with van der Waals surface area (Å²) in [5, 5.41) is 16.5. The first-order chi connectivity index (χ1) is 27.8. The third kappa shape index (κ3) is 10.1. The Hall–Kier alpha value is -6.01. The number of hydrogen-bond donors (Lipinski definition) is 3. The van der Waals surface area contributed by atoms with E-state index in [1.165, 1.54) is 0 Å². The van der Waals surface area contributed by atoms with Gasteiger partial charge >= 0.3 is 18.2 Å². The van der Waals surface area contributed by atoms with E-state index in [0.29, 0.717) is 5.56 Å². The van der Waals surface area contributed by atoms with Crippen LogP contribution in [0.1, 0.15) is 53.2 Å². The monoisotopic (exact) mass is 770 g/mol. The van der Waals surface area contributed by atoms with Gasteiger partial charge < -0.3 is 39.4 Å². The second-order valence-corrected chi connectivity index (χ2v) is 14.2. The Morgan fingerprint density at radius 1 is 0.719 bits per heavy atom. The molecule has 0 radical (unpaired) electrons. The molecule has 0 aromatic heterocycles. The second kappa shape index (κ2) is 18.8. The van der Waals surface area contributed by atoms with Gasteiger partial charge in [0.05, 0.1) is 18.2 Å². The molecule has 11 heteroatoms. The molecular formula is C46H46N2O9. The molecule has 5 aromatic carbocycles.